The molecule has 0 amide bonds. The molecule has 0 N–H and O–H groups in total. The topological polar surface area (TPSA) is 32.5 Å². The highest BCUT2D eigenvalue weighted by atomic mass is 16.5. The normalized spacial score (nSPS) is 21.0. The van der Waals surface area contributed by atoms with Crippen molar-refractivity contribution in [3.8, 4) is 11.3 Å². The SMILES string of the molecule is CN1CCC[C@@H]1CCN1CCc2onc(-c3cccc4ccccc34)c2C1. The molecule has 0 spiro atoms. The Bertz CT molecular complexity index is 942. The summed E-state index contributed by atoms with van der Waals surface area (Å²) in [6.07, 6.45) is 4.93. The summed E-state index contributed by atoms with van der Waals surface area (Å²) in [5, 5.41) is 7.00. The Balaban J connectivity index is 1.39. The van der Waals surface area contributed by atoms with Crippen LogP contribution in [-0.2, 0) is 13.0 Å². The molecule has 2 aromatic carbocycles. The maximum Gasteiger partial charge on any atom is 0.143 e. The Labute approximate surface area is 160 Å². The number of nitrogens with zero attached hydrogens (tertiary/aromatic N) is 3. The van der Waals surface area contributed by atoms with Gasteiger partial charge in [-0.25, -0.2) is 0 Å². The van der Waals surface area contributed by atoms with Crippen molar-refractivity contribution in [3.63, 3.8) is 0 Å². The monoisotopic (exact) mass is 361 g/mol. The molecule has 0 saturated carbocycles. The zero-order valence-electron chi connectivity index (χ0n) is 16.0. The van der Waals surface area contributed by atoms with E-state index in [4.69, 9.17) is 4.52 Å². The number of hydrogen-bond donors (Lipinski definition) is 0. The lowest BCUT2D eigenvalue weighted by atomic mass is 9.97. The van der Waals surface area contributed by atoms with Gasteiger partial charge in [0.25, 0.3) is 0 Å². The van der Waals surface area contributed by atoms with Crippen molar-refractivity contribution in [1.82, 2.24) is 15.0 Å². The highest BCUT2D eigenvalue weighted by Gasteiger charge is 2.27. The van der Waals surface area contributed by atoms with E-state index in [9.17, 15) is 0 Å². The van der Waals surface area contributed by atoms with Gasteiger partial charge < -0.3 is 9.42 Å². The van der Waals surface area contributed by atoms with Gasteiger partial charge in [0.1, 0.15) is 11.5 Å². The molecule has 5 rings (SSSR count). The van der Waals surface area contributed by atoms with E-state index in [0.717, 1.165) is 43.6 Å². The van der Waals surface area contributed by atoms with Crippen molar-refractivity contribution in [2.75, 3.05) is 26.7 Å². The summed E-state index contributed by atoms with van der Waals surface area (Å²) in [5.74, 6) is 1.08. The van der Waals surface area contributed by atoms with Crippen molar-refractivity contribution in [2.24, 2.45) is 0 Å². The highest BCUT2D eigenvalue weighted by molar-refractivity contribution is 5.96. The molecule has 3 heterocycles. The molecule has 0 radical (unpaired) electrons. The van der Waals surface area contributed by atoms with E-state index < -0.39 is 0 Å². The van der Waals surface area contributed by atoms with Gasteiger partial charge in [-0.3, -0.25) is 4.90 Å². The van der Waals surface area contributed by atoms with E-state index in [-0.39, 0.29) is 0 Å². The smallest absolute Gasteiger partial charge is 0.143 e. The van der Waals surface area contributed by atoms with E-state index >= 15 is 0 Å². The largest absolute Gasteiger partial charge is 0.360 e. The number of aromatic nitrogens is 1. The van der Waals surface area contributed by atoms with Crippen molar-refractivity contribution in [3.05, 3.63) is 53.8 Å². The third-order valence-electron chi connectivity index (χ3n) is 6.40. The van der Waals surface area contributed by atoms with Crippen LogP contribution in [0.25, 0.3) is 22.0 Å². The molecular weight excluding hydrogens is 334 g/mol. The molecule has 2 aliphatic heterocycles. The summed E-state index contributed by atoms with van der Waals surface area (Å²) in [6.45, 7) is 4.45. The van der Waals surface area contributed by atoms with E-state index in [0.29, 0.717) is 0 Å². The zero-order chi connectivity index (χ0) is 18.2. The van der Waals surface area contributed by atoms with Crippen molar-refractivity contribution in [1.29, 1.82) is 0 Å². The molecule has 3 aromatic rings. The van der Waals surface area contributed by atoms with E-state index in [1.807, 2.05) is 0 Å². The van der Waals surface area contributed by atoms with Crippen LogP contribution in [0.3, 0.4) is 0 Å². The van der Waals surface area contributed by atoms with Crippen LogP contribution in [-0.4, -0.2) is 47.7 Å². The summed E-state index contributed by atoms with van der Waals surface area (Å²) in [4.78, 5) is 5.11. The molecule has 1 fully saturated rings. The fraction of sp³-hybridized carbons (Fsp3) is 0.435. The minimum Gasteiger partial charge on any atom is -0.360 e. The van der Waals surface area contributed by atoms with Crippen LogP contribution in [0, 0.1) is 0 Å². The Kier molecular flexibility index (Phi) is 4.46. The predicted octanol–water partition coefficient (Wildman–Crippen LogP) is 4.34. The average Bonchev–Trinajstić information content (AvgIpc) is 3.31. The van der Waals surface area contributed by atoms with Gasteiger partial charge in [0.05, 0.1) is 0 Å². The summed E-state index contributed by atoms with van der Waals surface area (Å²) in [7, 11) is 2.27. The Morgan fingerprint density at radius 3 is 2.89 bits per heavy atom. The van der Waals surface area contributed by atoms with Gasteiger partial charge in [-0.05, 0) is 50.2 Å². The van der Waals surface area contributed by atoms with Crippen LogP contribution in [0.2, 0.25) is 0 Å². The van der Waals surface area contributed by atoms with Gasteiger partial charge in [0, 0.05) is 36.7 Å². The maximum absolute atomic E-state index is 5.75. The van der Waals surface area contributed by atoms with Gasteiger partial charge in [-0.1, -0.05) is 47.6 Å². The zero-order valence-corrected chi connectivity index (χ0v) is 16.0. The standard InChI is InChI=1S/C23H27N3O/c1-25-13-5-8-18(25)11-14-26-15-12-22-21(16-26)23(24-27-22)20-10-4-7-17-6-2-3-9-19(17)20/h2-4,6-7,9-10,18H,5,8,11-16H2,1H3/t18-/m1/s1. The molecule has 2 aliphatic rings. The van der Waals surface area contributed by atoms with Gasteiger partial charge in [0.2, 0.25) is 0 Å². The van der Waals surface area contributed by atoms with E-state index in [1.165, 1.54) is 47.7 Å². The molecular formula is C23H27N3O. The molecule has 1 saturated heterocycles. The molecule has 27 heavy (non-hydrogen) atoms. The first-order valence-corrected chi connectivity index (χ1v) is 10.2. The second kappa shape index (κ2) is 7.10. The van der Waals surface area contributed by atoms with Gasteiger partial charge >= 0.3 is 0 Å². The number of hydrogen-bond acceptors (Lipinski definition) is 4. The highest BCUT2D eigenvalue weighted by Crippen LogP contribution is 2.34. The molecule has 4 heteroatoms. The Morgan fingerprint density at radius 1 is 1.11 bits per heavy atom. The molecule has 0 aliphatic carbocycles. The lowest BCUT2D eigenvalue weighted by Crippen LogP contribution is -2.35. The predicted molar refractivity (Wildman–Crippen MR) is 109 cm³/mol. The number of likely N-dealkylation sites (tertiary alicyclic amines) is 1. The lowest BCUT2D eigenvalue weighted by molar-refractivity contribution is 0.202. The number of fused-ring (bicyclic) bond motifs is 2. The summed E-state index contributed by atoms with van der Waals surface area (Å²) >= 11 is 0. The summed E-state index contributed by atoms with van der Waals surface area (Å²) in [6, 6.07) is 15.7. The molecule has 140 valence electrons. The average molecular weight is 361 g/mol. The van der Waals surface area contributed by atoms with Crippen LogP contribution in [0.15, 0.2) is 47.0 Å². The van der Waals surface area contributed by atoms with Crippen molar-refractivity contribution in [2.45, 2.75) is 38.3 Å². The third kappa shape index (κ3) is 3.17. The van der Waals surface area contributed by atoms with Crippen LogP contribution in [0.4, 0.5) is 0 Å². The second-order valence-corrected chi connectivity index (χ2v) is 8.05. The second-order valence-electron chi connectivity index (χ2n) is 8.05. The molecule has 1 aromatic heterocycles. The summed E-state index contributed by atoms with van der Waals surface area (Å²) in [5.41, 5.74) is 3.51. The van der Waals surface area contributed by atoms with Gasteiger partial charge in [-0.2, -0.15) is 0 Å². The quantitative estimate of drug-likeness (QED) is 0.692. The van der Waals surface area contributed by atoms with Crippen LogP contribution >= 0.6 is 0 Å². The van der Waals surface area contributed by atoms with Crippen LogP contribution < -0.4 is 0 Å². The fourth-order valence-electron chi connectivity index (χ4n) is 4.78. The fourth-order valence-corrected chi connectivity index (χ4v) is 4.78. The lowest BCUT2D eigenvalue weighted by Gasteiger charge is -2.28. The van der Waals surface area contributed by atoms with Gasteiger partial charge in [0.15, 0.2) is 0 Å². The van der Waals surface area contributed by atoms with Crippen LogP contribution in [0.5, 0.6) is 0 Å². The van der Waals surface area contributed by atoms with Crippen molar-refractivity contribution >= 4 is 10.8 Å². The molecule has 1 atom stereocenters. The minimum atomic E-state index is 0.756. The van der Waals surface area contributed by atoms with Crippen molar-refractivity contribution < 1.29 is 4.52 Å². The summed E-state index contributed by atoms with van der Waals surface area (Å²) < 4.78 is 5.75. The number of rotatable bonds is 4. The van der Waals surface area contributed by atoms with E-state index in [2.05, 4.69) is 64.5 Å². The molecule has 4 nitrogen and oxygen atoms in total. The Hall–Kier alpha value is -2.17. The Morgan fingerprint density at radius 2 is 2.00 bits per heavy atom. The molecule has 0 unspecified atom stereocenters. The van der Waals surface area contributed by atoms with Crippen LogP contribution in [0.1, 0.15) is 30.6 Å². The molecule has 0 bridgehead atoms. The first kappa shape index (κ1) is 17.0. The van der Waals surface area contributed by atoms with Gasteiger partial charge in [-0.15, -0.1) is 0 Å². The third-order valence-corrected chi connectivity index (χ3v) is 6.40. The number of benzene rings is 2. The first-order chi connectivity index (χ1) is 13.3. The minimum absolute atomic E-state index is 0.756. The maximum atomic E-state index is 5.75. The van der Waals surface area contributed by atoms with E-state index in [1.54, 1.807) is 0 Å². The first-order valence-electron chi connectivity index (χ1n) is 10.2.